The highest BCUT2D eigenvalue weighted by Gasteiger charge is 2.63. The smallest absolute Gasteiger partial charge is 0.330 e. The van der Waals surface area contributed by atoms with Crippen molar-refractivity contribution < 1.29 is 22.7 Å². The van der Waals surface area contributed by atoms with Crippen LogP contribution in [-0.4, -0.2) is 50.6 Å². The second-order valence-corrected chi connectivity index (χ2v) is 9.85. The largest absolute Gasteiger partial charge is 0.463 e. The lowest BCUT2D eigenvalue weighted by molar-refractivity contribution is -0.137. The molecule has 3 atom stereocenters. The van der Waals surface area contributed by atoms with Crippen LogP contribution in [-0.2, 0) is 29.7 Å². The number of anilines is 1. The van der Waals surface area contributed by atoms with Crippen LogP contribution in [0.2, 0.25) is 0 Å². The molecule has 0 saturated carbocycles. The average Bonchev–Trinajstić information content (AvgIpc) is 3.23. The van der Waals surface area contributed by atoms with Gasteiger partial charge in [0, 0.05) is 29.8 Å². The van der Waals surface area contributed by atoms with Crippen molar-refractivity contribution >= 4 is 27.4 Å². The summed E-state index contributed by atoms with van der Waals surface area (Å²) in [6.07, 6.45) is 2.76. The summed E-state index contributed by atoms with van der Waals surface area (Å²) in [7, 11) is -2.05. The zero-order valence-electron chi connectivity index (χ0n) is 17.3. The molecule has 8 heteroatoms. The number of para-hydroxylation sites is 1. The van der Waals surface area contributed by atoms with Crippen LogP contribution in [0, 0.1) is 5.92 Å². The van der Waals surface area contributed by atoms with Gasteiger partial charge in [0.05, 0.1) is 16.8 Å². The van der Waals surface area contributed by atoms with Crippen LogP contribution in [0.4, 0.5) is 5.69 Å². The Morgan fingerprint density at radius 3 is 2.58 bits per heavy atom. The van der Waals surface area contributed by atoms with E-state index in [0.717, 1.165) is 0 Å². The van der Waals surface area contributed by atoms with Gasteiger partial charge in [0.2, 0.25) is 5.91 Å². The molecule has 1 N–H and O–H groups in total. The van der Waals surface area contributed by atoms with Crippen LogP contribution >= 0.6 is 0 Å². The average molecular weight is 441 g/mol. The van der Waals surface area contributed by atoms with Crippen LogP contribution in [0.5, 0.6) is 0 Å². The van der Waals surface area contributed by atoms with Crippen LogP contribution in [0.1, 0.15) is 12.5 Å². The summed E-state index contributed by atoms with van der Waals surface area (Å²) in [4.78, 5) is 27.4. The number of benzene rings is 2. The summed E-state index contributed by atoms with van der Waals surface area (Å²) in [5.41, 5.74) is 0.102. The predicted octanol–water partition coefficient (Wildman–Crippen LogP) is 2.36. The van der Waals surface area contributed by atoms with E-state index in [4.69, 9.17) is 4.74 Å². The maximum atomic E-state index is 13.6. The highest BCUT2D eigenvalue weighted by Crippen LogP contribution is 2.52. The fraction of sp³-hybridized carbons (Fsp3) is 0.304. The summed E-state index contributed by atoms with van der Waals surface area (Å²) >= 11 is 0. The molecule has 1 spiro atoms. The molecule has 4 rings (SSSR count). The lowest BCUT2D eigenvalue weighted by atomic mass is 9.79. The minimum Gasteiger partial charge on any atom is -0.463 e. The Kier molecular flexibility index (Phi) is 5.45. The number of amides is 1. The van der Waals surface area contributed by atoms with Gasteiger partial charge in [-0.15, -0.1) is 0 Å². The number of sulfone groups is 1. The number of hydrogen-bond donors (Lipinski definition) is 1. The van der Waals surface area contributed by atoms with Crippen LogP contribution in [0.25, 0.3) is 0 Å². The van der Waals surface area contributed by atoms with Gasteiger partial charge in [-0.2, -0.15) is 0 Å². The molecule has 0 bridgehead atoms. The maximum absolute atomic E-state index is 13.6. The highest BCUT2D eigenvalue weighted by atomic mass is 32.2. The van der Waals surface area contributed by atoms with Gasteiger partial charge in [0.15, 0.2) is 9.84 Å². The van der Waals surface area contributed by atoms with E-state index in [0.29, 0.717) is 11.3 Å². The zero-order valence-corrected chi connectivity index (χ0v) is 18.1. The number of fused-ring (bicyclic) bond motifs is 2. The van der Waals surface area contributed by atoms with E-state index in [-0.39, 0.29) is 24.0 Å². The number of carbonyl (C=O) groups excluding carboxylic acids is 2. The molecule has 2 aromatic carbocycles. The predicted molar refractivity (Wildman–Crippen MR) is 116 cm³/mol. The van der Waals surface area contributed by atoms with E-state index in [1.54, 1.807) is 55.3 Å². The van der Waals surface area contributed by atoms with Crippen molar-refractivity contribution in [3.05, 3.63) is 72.3 Å². The molecule has 31 heavy (non-hydrogen) atoms. The number of nitrogens with zero attached hydrogens (tertiary/aromatic N) is 1. The Labute approximate surface area is 181 Å². The van der Waals surface area contributed by atoms with Crippen molar-refractivity contribution in [3.8, 4) is 0 Å². The van der Waals surface area contributed by atoms with Gasteiger partial charge >= 0.3 is 5.97 Å². The first-order valence-corrected chi connectivity index (χ1v) is 11.6. The minimum absolute atomic E-state index is 0.136. The van der Waals surface area contributed by atoms with E-state index >= 15 is 0 Å². The summed E-state index contributed by atoms with van der Waals surface area (Å²) in [5.74, 6) is -1.68. The van der Waals surface area contributed by atoms with Crippen LogP contribution < -0.4 is 5.32 Å². The molecule has 2 aliphatic rings. The molecule has 2 aliphatic heterocycles. The summed E-state index contributed by atoms with van der Waals surface area (Å²) < 4.78 is 32.2. The van der Waals surface area contributed by atoms with Gasteiger partial charge < -0.3 is 10.1 Å². The van der Waals surface area contributed by atoms with Gasteiger partial charge in [0.1, 0.15) is 5.54 Å². The fourth-order valence-corrected chi connectivity index (χ4v) is 6.72. The van der Waals surface area contributed by atoms with Crippen molar-refractivity contribution in [2.24, 2.45) is 5.92 Å². The Bertz CT molecular complexity index is 1150. The van der Waals surface area contributed by atoms with Gasteiger partial charge in [0.25, 0.3) is 0 Å². The number of hydrogen-bond acceptors (Lipinski definition) is 6. The monoisotopic (exact) mass is 440 g/mol. The first-order chi connectivity index (χ1) is 14.8. The lowest BCUT2D eigenvalue weighted by Crippen LogP contribution is -2.49. The number of likely N-dealkylation sites (tertiary alicyclic amines) is 1. The third kappa shape index (κ3) is 3.26. The normalized spacial score (nSPS) is 25.7. The molecule has 2 aromatic rings. The van der Waals surface area contributed by atoms with Gasteiger partial charge in [-0.05, 0) is 32.2 Å². The second-order valence-electron chi connectivity index (χ2n) is 7.68. The molecule has 0 radical (unpaired) electrons. The Morgan fingerprint density at radius 1 is 1.19 bits per heavy atom. The lowest BCUT2D eigenvalue weighted by Gasteiger charge is -2.34. The zero-order chi connectivity index (χ0) is 22.2. The number of esters is 1. The topological polar surface area (TPSA) is 92.8 Å². The molecule has 0 aliphatic carbocycles. The first kappa shape index (κ1) is 21.3. The summed E-state index contributed by atoms with van der Waals surface area (Å²) in [6.45, 7) is 2.03. The second kappa shape index (κ2) is 7.94. The quantitative estimate of drug-likeness (QED) is 0.567. The van der Waals surface area contributed by atoms with Crippen molar-refractivity contribution in [2.75, 3.05) is 25.5 Å². The number of likely N-dealkylation sites (N-methyl/N-ethyl adjacent to an activating group) is 1. The van der Waals surface area contributed by atoms with Crippen molar-refractivity contribution in [1.29, 1.82) is 0 Å². The van der Waals surface area contributed by atoms with Gasteiger partial charge in [-0.3, -0.25) is 9.69 Å². The molecule has 1 saturated heterocycles. The molecular weight excluding hydrogens is 416 g/mol. The van der Waals surface area contributed by atoms with E-state index in [2.05, 4.69) is 5.32 Å². The molecule has 7 nitrogen and oxygen atoms in total. The van der Waals surface area contributed by atoms with Gasteiger partial charge in [-0.25, -0.2) is 13.2 Å². The third-order valence-corrected chi connectivity index (χ3v) is 8.24. The Balaban J connectivity index is 1.88. The van der Waals surface area contributed by atoms with Crippen molar-refractivity contribution in [3.63, 3.8) is 0 Å². The number of ether oxygens (including phenoxy) is 1. The van der Waals surface area contributed by atoms with Crippen molar-refractivity contribution in [2.45, 2.75) is 22.6 Å². The molecule has 1 amide bonds. The van der Waals surface area contributed by atoms with Crippen molar-refractivity contribution in [1.82, 2.24) is 4.90 Å². The molecule has 0 unspecified atom stereocenters. The first-order valence-electron chi connectivity index (χ1n) is 10.1. The van der Waals surface area contributed by atoms with E-state index < -0.39 is 32.5 Å². The van der Waals surface area contributed by atoms with Crippen LogP contribution in [0.15, 0.2) is 71.6 Å². The maximum Gasteiger partial charge on any atom is 0.330 e. The number of nitrogens with one attached hydrogen (secondary N) is 1. The third-order valence-electron chi connectivity index (χ3n) is 6.07. The standard InChI is InChI=1S/C23H24N2O5S/c1-3-30-21(26)14-13-18-20(31(28,29)16-9-5-4-6-10-16)15-25(2)23(18)17-11-7-8-12-19(17)24-22(23)27/h4-14,18,20H,3,15H2,1-2H3,(H,24,27)/b14-13+/t18-,20+,23+/m0/s1. The summed E-state index contributed by atoms with van der Waals surface area (Å²) in [6, 6.07) is 15.4. The fourth-order valence-electron chi connectivity index (χ4n) is 4.74. The SMILES string of the molecule is CCOC(=O)/C=C/[C@H]1[C@H](S(=O)(=O)c2ccccc2)CN(C)[C@@]12C(=O)Nc1ccccc12. The van der Waals surface area contributed by atoms with Gasteiger partial charge in [-0.1, -0.05) is 42.5 Å². The van der Waals surface area contributed by atoms with E-state index in [9.17, 15) is 18.0 Å². The molecule has 1 fully saturated rings. The van der Waals surface area contributed by atoms with E-state index in [1.807, 2.05) is 18.2 Å². The minimum atomic E-state index is -3.80. The number of rotatable bonds is 5. The molecule has 2 heterocycles. The number of carbonyl (C=O) groups is 2. The Morgan fingerprint density at radius 2 is 1.87 bits per heavy atom. The molecular formula is C23H24N2O5S. The van der Waals surface area contributed by atoms with Crippen LogP contribution in [0.3, 0.4) is 0 Å². The highest BCUT2D eigenvalue weighted by molar-refractivity contribution is 7.92. The molecule has 0 aromatic heterocycles. The summed E-state index contributed by atoms with van der Waals surface area (Å²) in [5, 5.41) is 1.96. The van der Waals surface area contributed by atoms with E-state index in [1.165, 1.54) is 12.2 Å². The Hall–Kier alpha value is -2.97. The molecule has 162 valence electrons.